The van der Waals surface area contributed by atoms with Crippen molar-refractivity contribution in [1.82, 2.24) is 0 Å². The van der Waals surface area contributed by atoms with Gasteiger partial charge in [0.15, 0.2) is 0 Å². The molecule has 0 saturated heterocycles. The summed E-state index contributed by atoms with van der Waals surface area (Å²) in [4.78, 5) is 1.23. The summed E-state index contributed by atoms with van der Waals surface area (Å²) < 4.78 is 5.08. The smallest absolute Gasteiger partial charge is 0.124 e. The van der Waals surface area contributed by atoms with Gasteiger partial charge in [-0.05, 0) is 30.0 Å². The molecule has 106 valence electrons. The number of phenols is 1. The van der Waals surface area contributed by atoms with Crippen molar-refractivity contribution in [2.24, 2.45) is 0 Å². The Morgan fingerprint density at radius 1 is 1.20 bits per heavy atom. The van der Waals surface area contributed by atoms with Gasteiger partial charge in [-0.15, -0.1) is 11.8 Å². The maximum atomic E-state index is 9.95. The van der Waals surface area contributed by atoms with E-state index in [1.54, 1.807) is 24.9 Å². The lowest BCUT2D eigenvalue weighted by molar-refractivity contribution is 0.406. The topological polar surface area (TPSA) is 41.5 Å². The van der Waals surface area contributed by atoms with E-state index in [0.717, 1.165) is 17.0 Å². The summed E-state index contributed by atoms with van der Waals surface area (Å²) >= 11 is 1.80. The van der Waals surface area contributed by atoms with Crippen LogP contribution >= 0.6 is 11.8 Å². The minimum Gasteiger partial charge on any atom is -0.507 e. The van der Waals surface area contributed by atoms with Crippen LogP contribution in [-0.4, -0.2) is 18.0 Å². The predicted molar refractivity (Wildman–Crippen MR) is 84.8 cm³/mol. The van der Waals surface area contributed by atoms with Crippen molar-refractivity contribution in [2.75, 3.05) is 18.2 Å². The maximum absolute atomic E-state index is 9.95. The summed E-state index contributed by atoms with van der Waals surface area (Å²) in [6.07, 6.45) is 0. The van der Waals surface area contributed by atoms with Crippen molar-refractivity contribution < 1.29 is 9.84 Å². The van der Waals surface area contributed by atoms with Crippen LogP contribution in [0.3, 0.4) is 0 Å². The summed E-state index contributed by atoms with van der Waals surface area (Å²) in [6.45, 7) is 2.72. The van der Waals surface area contributed by atoms with Gasteiger partial charge in [0.25, 0.3) is 0 Å². The van der Waals surface area contributed by atoms with Gasteiger partial charge in [0.05, 0.1) is 7.11 Å². The number of hydrogen-bond donors (Lipinski definition) is 2. The Hall–Kier alpha value is -1.81. The Balaban J connectivity index is 2.09. The number of ether oxygens (including phenoxy) is 1. The summed E-state index contributed by atoms with van der Waals surface area (Å²) in [5.74, 6) is 1.94. The molecule has 0 fully saturated rings. The molecule has 0 aromatic heterocycles. The molecule has 2 aromatic rings. The highest BCUT2D eigenvalue weighted by atomic mass is 32.2. The number of anilines is 1. The molecule has 20 heavy (non-hydrogen) atoms. The Bertz CT molecular complexity index is 572. The van der Waals surface area contributed by atoms with Crippen molar-refractivity contribution in [2.45, 2.75) is 18.4 Å². The fourth-order valence-electron chi connectivity index (χ4n) is 1.90. The largest absolute Gasteiger partial charge is 0.507 e. The van der Waals surface area contributed by atoms with E-state index in [-0.39, 0.29) is 5.75 Å². The van der Waals surface area contributed by atoms with Crippen LogP contribution in [0.2, 0.25) is 0 Å². The fraction of sp³-hybridized carbons (Fsp3) is 0.250. The zero-order valence-electron chi connectivity index (χ0n) is 11.7. The molecule has 0 unspecified atom stereocenters. The summed E-state index contributed by atoms with van der Waals surface area (Å²) in [5.41, 5.74) is 1.94. The molecule has 0 bridgehead atoms. The standard InChI is InChI=1S/C16H19NO2S/c1-3-20-16-7-5-4-6-14(16)17-11-12-8-9-13(19-2)10-15(12)18/h4-10,17-18H,3,11H2,1-2H3. The summed E-state index contributed by atoms with van der Waals surface area (Å²) in [5, 5.41) is 13.3. The lowest BCUT2D eigenvalue weighted by Gasteiger charge is -2.12. The normalized spacial score (nSPS) is 10.3. The second kappa shape index (κ2) is 7.10. The van der Waals surface area contributed by atoms with Crippen molar-refractivity contribution in [3.05, 3.63) is 48.0 Å². The summed E-state index contributed by atoms with van der Waals surface area (Å²) in [6, 6.07) is 13.6. The van der Waals surface area contributed by atoms with Crippen molar-refractivity contribution in [3.8, 4) is 11.5 Å². The van der Waals surface area contributed by atoms with Crippen LogP contribution in [0.1, 0.15) is 12.5 Å². The third kappa shape index (κ3) is 3.61. The predicted octanol–water partition coefficient (Wildman–Crippen LogP) is 4.12. The highest BCUT2D eigenvalue weighted by Gasteiger charge is 2.05. The van der Waals surface area contributed by atoms with E-state index in [0.29, 0.717) is 12.3 Å². The Labute approximate surface area is 124 Å². The molecule has 3 nitrogen and oxygen atoms in total. The van der Waals surface area contributed by atoms with Gasteiger partial charge < -0.3 is 15.2 Å². The molecule has 0 spiro atoms. The molecule has 2 N–H and O–H groups in total. The highest BCUT2D eigenvalue weighted by molar-refractivity contribution is 7.99. The van der Waals surface area contributed by atoms with Gasteiger partial charge in [-0.3, -0.25) is 0 Å². The first-order valence-corrected chi connectivity index (χ1v) is 7.54. The Morgan fingerprint density at radius 2 is 2.00 bits per heavy atom. The van der Waals surface area contributed by atoms with Crippen LogP contribution in [0.25, 0.3) is 0 Å². The SMILES string of the molecule is CCSc1ccccc1NCc1ccc(OC)cc1O. The molecule has 0 atom stereocenters. The van der Waals surface area contributed by atoms with Crippen LogP contribution < -0.4 is 10.1 Å². The van der Waals surface area contributed by atoms with E-state index in [4.69, 9.17) is 4.74 Å². The van der Waals surface area contributed by atoms with Gasteiger partial charge in [0, 0.05) is 28.8 Å². The average molecular weight is 289 g/mol. The van der Waals surface area contributed by atoms with E-state index in [1.165, 1.54) is 4.90 Å². The number of methoxy groups -OCH3 is 1. The number of hydrogen-bond acceptors (Lipinski definition) is 4. The van der Waals surface area contributed by atoms with Crippen LogP contribution in [0.4, 0.5) is 5.69 Å². The molecule has 0 radical (unpaired) electrons. The molecule has 0 aliphatic carbocycles. The minimum absolute atomic E-state index is 0.248. The van der Waals surface area contributed by atoms with E-state index < -0.39 is 0 Å². The maximum Gasteiger partial charge on any atom is 0.124 e. The van der Waals surface area contributed by atoms with Crippen LogP contribution in [-0.2, 0) is 6.54 Å². The second-order valence-corrected chi connectivity index (χ2v) is 5.58. The number of nitrogens with one attached hydrogen (secondary N) is 1. The fourth-order valence-corrected chi connectivity index (χ4v) is 2.69. The number of para-hydroxylation sites is 1. The third-order valence-electron chi connectivity index (χ3n) is 2.95. The van der Waals surface area contributed by atoms with Gasteiger partial charge in [-0.25, -0.2) is 0 Å². The lowest BCUT2D eigenvalue weighted by atomic mass is 10.2. The monoisotopic (exact) mass is 289 g/mol. The van der Waals surface area contributed by atoms with Crippen molar-refractivity contribution in [3.63, 3.8) is 0 Å². The number of rotatable bonds is 6. The molecular weight excluding hydrogens is 270 g/mol. The van der Waals surface area contributed by atoms with Gasteiger partial charge in [0.1, 0.15) is 11.5 Å². The zero-order valence-corrected chi connectivity index (χ0v) is 12.5. The number of aromatic hydroxyl groups is 1. The third-order valence-corrected chi connectivity index (χ3v) is 3.90. The first-order chi connectivity index (χ1) is 9.74. The molecule has 0 heterocycles. The van der Waals surface area contributed by atoms with E-state index in [1.807, 2.05) is 24.3 Å². The first kappa shape index (κ1) is 14.6. The quantitative estimate of drug-likeness (QED) is 0.785. The Kier molecular flexibility index (Phi) is 5.18. The molecule has 2 aromatic carbocycles. The van der Waals surface area contributed by atoms with Gasteiger partial charge in [0.2, 0.25) is 0 Å². The molecule has 0 aliphatic heterocycles. The van der Waals surface area contributed by atoms with Crippen LogP contribution in [0.15, 0.2) is 47.4 Å². The van der Waals surface area contributed by atoms with E-state index in [2.05, 4.69) is 24.4 Å². The molecule has 4 heteroatoms. The second-order valence-electron chi connectivity index (χ2n) is 4.28. The van der Waals surface area contributed by atoms with Crippen LogP contribution in [0, 0.1) is 0 Å². The highest BCUT2D eigenvalue weighted by Crippen LogP contribution is 2.28. The van der Waals surface area contributed by atoms with Gasteiger partial charge >= 0.3 is 0 Å². The lowest BCUT2D eigenvalue weighted by Crippen LogP contribution is -2.01. The van der Waals surface area contributed by atoms with E-state index >= 15 is 0 Å². The summed E-state index contributed by atoms with van der Waals surface area (Å²) in [7, 11) is 1.59. The minimum atomic E-state index is 0.248. The van der Waals surface area contributed by atoms with Crippen molar-refractivity contribution >= 4 is 17.4 Å². The van der Waals surface area contributed by atoms with Crippen molar-refractivity contribution in [1.29, 1.82) is 0 Å². The number of phenolic OH excluding ortho intramolecular Hbond substituents is 1. The van der Waals surface area contributed by atoms with E-state index in [9.17, 15) is 5.11 Å². The van der Waals surface area contributed by atoms with Gasteiger partial charge in [-0.2, -0.15) is 0 Å². The molecule has 0 amide bonds. The molecule has 0 aliphatic rings. The average Bonchev–Trinajstić information content (AvgIpc) is 2.47. The first-order valence-electron chi connectivity index (χ1n) is 6.56. The molecule has 2 rings (SSSR count). The zero-order chi connectivity index (χ0) is 14.4. The Morgan fingerprint density at radius 3 is 2.70 bits per heavy atom. The number of benzene rings is 2. The van der Waals surface area contributed by atoms with Crippen LogP contribution in [0.5, 0.6) is 11.5 Å². The van der Waals surface area contributed by atoms with Gasteiger partial charge in [-0.1, -0.05) is 19.1 Å². The molecular formula is C16H19NO2S. The molecule has 0 saturated carbocycles. The number of thioether (sulfide) groups is 1.